The Bertz CT molecular complexity index is 2330. The molecule has 0 saturated carbocycles. The van der Waals surface area contributed by atoms with Crippen LogP contribution in [0.25, 0.3) is 32.9 Å². The van der Waals surface area contributed by atoms with E-state index < -0.39 is 11.9 Å². The highest BCUT2D eigenvalue weighted by Crippen LogP contribution is 2.32. The van der Waals surface area contributed by atoms with Gasteiger partial charge in [-0.05, 0) is 83.6 Å². The molecule has 0 radical (unpaired) electrons. The van der Waals surface area contributed by atoms with E-state index in [0.29, 0.717) is 34.6 Å². The smallest absolute Gasteiger partial charge is 0.345 e. The van der Waals surface area contributed by atoms with E-state index in [0.717, 1.165) is 49.8 Å². The average Bonchev–Trinajstić information content (AvgIpc) is 3.15. The molecule has 0 N–H and O–H groups in total. The van der Waals surface area contributed by atoms with Crippen molar-refractivity contribution < 1.29 is 28.4 Å². The molecule has 6 nitrogen and oxygen atoms in total. The molecule has 0 aliphatic rings. The lowest BCUT2D eigenvalue weighted by Gasteiger charge is -2.15. The first-order valence-electron chi connectivity index (χ1n) is 16.5. The number of rotatable bonds is 9. The molecule has 6 aromatic carbocycles. The van der Waals surface area contributed by atoms with Crippen molar-refractivity contribution in [3.8, 4) is 22.6 Å². The highest BCUT2D eigenvalue weighted by Gasteiger charge is 2.26. The van der Waals surface area contributed by atoms with E-state index in [9.17, 15) is 9.59 Å². The van der Waals surface area contributed by atoms with Crippen LogP contribution in [0, 0.1) is 13.8 Å². The predicted octanol–water partition coefficient (Wildman–Crippen LogP) is 9.26. The molecule has 0 saturated heterocycles. The maximum absolute atomic E-state index is 14.2. The molecular weight excluding hydrogens is 622 g/mol. The fourth-order valence-corrected chi connectivity index (χ4v) is 6.34. The van der Waals surface area contributed by atoms with Crippen molar-refractivity contribution >= 4 is 33.7 Å². The molecule has 7 aromatic rings. The number of hydrogen-bond donors (Lipinski definition) is 0. The Morgan fingerprint density at radius 1 is 0.580 bits per heavy atom. The van der Waals surface area contributed by atoms with Crippen LogP contribution in [0.4, 0.5) is 0 Å². The summed E-state index contributed by atoms with van der Waals surface area (Å²) >= 11 is 0. The van der Waals surface area contributed by atoms with Crippen molar-refractivity contribution in [2.45, 2.75) is 27.1 Å². The first-order chi connectivity index (χ1) is 24.4. The van der Waals surface area contributed by atoms with Gasteiger partial charge in [-0.15, -0.1) is 0 Å². The Hall–Kier alpha value is -6.27. The van der Waals surface area contributed by atoms with Gasteiger partial charge in [0, 0.05) is 12.1 Å². The molecule has 0 aliphatic carbocycles. The molecule has 0 bridgehead atoms. The Morgan fingerprint density at radius 2 is 1.16 bits per heavy atom. The number of esters is 2. The van der Waals surface area contributed by atoms with Gasteiger partial charge in [0.25, 0.3) is 0 Å². The molecule has 7 rings (SSSR count). The summed E-state index contributed by atoms with van der Waals surface area (Å²) in [7, 11) is 2.01. The summed E-state index contributed by atoms with van der Waals surface area (Å²) in [5, 5.41) is 1.57. The summed E-state index contributed by atoms with van der Waals surface area (Å²) in [6, 6.07) is 45.0. The van der Waals surface area contributed by atoms with E-state index in [1.54, 1.807) is 12.1 Å². The van der Waals surface area contributed by atoms with Crippen LogP contribution in [0.5, 0.6) is 11.5 Å². The van der Waals surface area contributed by atoms with Gasteiger partial charge in [-0.3, -0.25) is 0 Å². The van der Waals surface area contributed by atoms with Gasteiger partial charge >= 0.3 is 11.9 Å². The van der Waals surface area contributed by atoms with Crippen molar-refractivity contribution in [2.24, 2.45) is 7.05 Å². The Balaban J connectivity index is 1.17. The standard InChI is InChI=1S/C44H36NO5/c1-29-24-35(43(46)49-28-32-14-8-5-9-15-32)25-30(2)42(29)50-44(47)41-37-16-10-11-17-39(37)45(3)40-26-34(20-23-38(40)41)33-18-21-36(22-19-33)48-27-31-12-6-4-7-13-31/h4-26H,27-28H2,1-3H3/q+1. The third-order valence-corrected chi connectivity index (χ3v) is 8.91. The van der Waals surface area contributed by atoms with E-state index in [2.05, 4.69) is 10.6 Å². The second-order valence-electron chi connectivity index (χ2n) is 12.4. The van der Waals surface area contributed by atoms with E-state index in [1.165, 1.54) is 0 Å². The summed E-state index contributed by atoms with van der Waals surface area (Å²) in [6.45, 7) is 4.34. The summed E-state index contributed by atoms with van der Waals surface area (Å²) in [5.41, 5.74) is 8.07. The molecule has 0 spiro atoms. The molecule has 50 heavy (non-hydrogen) atoms. The summed E-state index contributed by atoms with van der Waals surface area (Å²) < 4.78 is 19.8. The minimum Gasteiger partial charge on any atom is -0.489 e. The molecule has 246 valence electrons. The first-order valence-corrected chi connectivity index (χ1v) is 16.5. The summed E-state index contributed by atoms with van der Waals surface area (Å²) in [4.78, 5) is 27.0. The molecule has 0 atom stereocenters. The second-order valence-corrected chi connectivity index (χ2v) is 12.4. The van der Waals surface area contributed by atoms with E-state index in [-0.39, 0.29) is 6.61 Å². The third-order valence-electron chi connectivity index (χ3n) is 8.91. The van der Waals surface area contributed by atoms with Gasteiger partial charge in [0.05, 0.1) is 21.9 Å². The number of fused-ring (bicyclic) bond motifs is 2. The quantitative estimate of drug-likeness (QED) is 0.0670. The van der Waals surface area contributed by atoms with Crippen LogP contribution in [0.2, 0.25) is 0 Å². The van der Waals surface area contributed by atoms with Gasteiger partial charge in [-0.1, -0.05) is 91.0 Å². The van der Waals surface area contributed by atoms with E-state index in [1.807, 2.05) is 142 Å². The first kappa shape index (κ1) is 32.3. The topological polar surface area (TPSA) is 65.7 Å². The number of para-hydroxylation sites is 1. The zero-order chi connectivity index (χ0) is 34.6. The number of carbonyl (C=O) groups excluding carboxylic acids is 2. The molecule has 0 unspecified atom stereocenters. The maximum Gasteiger partial charge on any atom is 0.345 e. The van der Waals surface area contributed by atoms with Crippen molar-refractivity contribution in [3.63, 3.8) is 0 Å². The van der Waals surface area contributed by atoms with Crippen LogP contribution in [-0.4, -0.2) is 11.9 Å². The number of benzene rings is 6. The fraction of sp³-hybridized carbons (Fsp3) is 0.114. The van der Waals surface area contributed by atoms with Gasteiger partial charge in [0.15, 0.2) is 0 Å². The highest BCUT2D eigenvalue weighted by molar-refractivity contribution is 6.14. The number of aryl methyl sites for hydroxylation is 3. The predicted molar refractivity (Wildman–Crippen MR) is 195 cm³/mol. The van der Waals surface area contributed by atoms with Gasteiger partial charge in [-0.2, -0.15) is 4.57 Å². The molecule has 1 heterocycles. The lowest BCUT2D eigenvalue weighted by molar-refractivity contribution is -0.617. The molecule has 0 aliphatic heterocycles. The number of nitrogens with zero attached hydrogens (tertiary/aromatic N) is 1. The van der Waals surface area contributed by atoms with E-state index >= 15 is 0 Å². The number of pyridine rings is 1. The number of hydrogen-bond acceptors (Lipinski definition) is 5. The SMILES string of the molecule is Cc1cc(C(=O)OCc2ccccc2)cc(C)c1OC(=O)c1c2ccccc2[n+](C)c2cc(-c3ccc(OCc4ccccc4)cc3)ccc12. The summed E-state index contributed by atoms with van der Waals surface area (Å²) in [5.74, 6) is 0.314. The number of carbonyl (C=O) groups is 2. The minimum atomic E-state index is -0.468. The lowest BCUT2D eigenvalue weighted by atomic mass is 9.98. The summed E-state index contributed by atoms with van der Waals surface area (Å²) in [6.07, 6.45) is 0. The normalized spacial score (nSPS) is 11.0. The number of aromatic nitrogens is 1. The molecule has 0 amide bonds. The van der Waals surface area contributed by atoms with Crippen LogP contribution >= 0.6 is 0 Å². The van der Waals surface area contributed by atoms with Gasteiger partial charge in [-0.25, -0.2) is 9.59 Å². The molecule has 0 fully saturated rings. The van der Waals surface area contributed by atoms with Crippen molar-refractivity contribution in [2.75, 3.05) is 0 Å². The van der Waals surface area contributed by atoms with Crippen LogP contribution in [0.15, 0.2) is 140 Å². The van der Waals surface area contributed by atoms with Crippen LogP contribution in [0.3, 0.4) is 0 Å². The van der Waals surface area contributed by atoms with Crippen molar-refractivity contribution in [1.29, 1.82) is 0 Å². The molecule has 6 heteroatoms. The Morgan fingerprint density at radius 3 is 1.84 bits per heavy atom. The highest BCUT2D eigenvalue weighted by atomic mass is 16.5. The van der Waals surface area contributed by atoms with Crippen LogP contribution < -0.4 is 14.0 Å². The monoisotopic (exact) mass is 658 g/mol. The molecule has 1 aromatic heterocycles. The van der Waals surface area contributed by atoms with Gasteiger partial charge in [0.1, 0.15) is 31.8 Å². The fourth-order valence-electron chi connectivity index (χ4n) is 6.34. The molecular formula is C44H36NO5+. The van der Waals surface area contributed by atoms with Gasteiger partial charge < -0.3 is 14.2 Å². The maximum atomic E-state index is 14.2. The Labute approximate surface area is 291 Å². The Kier molecular flexibility index (Phi) is 9.08. The zero-order valence-corrected chi connectivity index (χ0v) is 28.2. The van der Waals surface area contributed by atoms with Gasteiger partial charge in [0.2, 0.25) is 11.0 Å². The number of ether oxygens (including phenoxy) is 3. The second kappa shape index (κ2) is 14.1. The average molecular weight is 659 g/mol. The minimum absolute atomic E-state index is 0.177. The zero-order valence-electron chi connectivity index (χ0n) is 28.2. The van der Waals surface area contributed by atoms with Crippen molar-refractivity contribution in [3.05, 3.63) is 173 Å². The van der Waals surface area contributed by atoms with Crippen molar-refractivity contribution in [1.82, 2.24) is 0 Å². The lowest BCUT2D eigenvalue weighted by Crippen LogP contribution is -2.31. The third kappa shape index (κ3) is 6.69. The van der Waals surface area contributed by atoms with Crippen LogP contribution in [-0.2, 0) is 25.0 Å². The van der Waals surface area contributed by atoms with Crippen LogP contribution in [0.1, 0.15) is 43.0 Å². The largest absolute Gasteiger partial charge is 0.489 e. The van der Waals surface area contributed by atoms with E-state index in [4.69, 9.17) is 14.2 Å².